The van der Waals surface area contributed by atoms with Crippen molar-refractivity contribution in [3.05, 3.63) is 105 Å². The lowest BCUT2D eigenvalue weighted by Crippen LogP contribution is -2.12. The van der Waals surface area contributed by atoms with Crippen molar-refractivity contribution in [2.45, 2.75) is 20.4 Å². The van der Waals surface area contributed by atoms with E-state index in [1.807, 2.05) is 24.3 Å². The van der Waals surface area contributed by atoms with E-state index in [4.69, 9.17) is 9.47 Å². The van der Waals surface area contributed by atoms with Crippen molar-refractivity contribution in [1.82, 2.24) is 9.78 Å². The molecule has 1 heterocycles. The molecule has 1 amide bonds. The molecular weight excluding hydrogens is 448 g/mol. The van der Waals surface area contributed by atoms with Gasteiger partial charge in [0.1, 0.15) is 17.1 Å². The van der Waals surface area contributed by atoms with Crippen molar-refractivity contribution in [3.8, 4) is 17.2 Å². The van der Waals surface area contributed by atoms with Crippen molar-refractivity contribution in [3.63, 3.8) is 0 Å². The second-order valence-corrected chi connectivity index (χ2v) is 7.86. The van der Waals surface area contributed by atoms with Crippen molar-refractivity contribution < 1.29 is 19.2 Å². The standard InChI is InChI=1S/C26H24N4O5/c1-17-25(30(32)33)18(2)29(28-17)16-19-8-10-20(11-9-19)26(31)27-21-12-14-22(15-13-21)35-24-7-5-4-6-23(24)34-3/h4-15H,16H2,1-3H3,(H,27,31). The summed E-state index contributed by atoms with van der Waals surface area (Å²) in [5.41, 5.74) is 2.89. The van der Waals surface area contributed by atoms with Gasteiger partial charge in [-0.05, 0) is 67.9 Å². The maximum Gasteiger partial charge on any atom is 0.312 e. The molecule has 0 aliphatic heterocycles. The minimum atomic E-state index is -0.418. The van der Waals surface area contributed by atoms with Crippen LogP contribution in [-0.4, -0.2) is 27.7 Å². The molecule has 0 saturated carbocycles. The average molecular weight is 473 g/mol. The Balaban J connectivity index is 1.39. The van der Waals surface area contributed by atoms with E-state index in [9.17, 15) is 14.9 Å². The summed E-state index contributed by atoms with van der Waals surface area (Å²) < 4.78 is 12.7. The Hall–Kier alpha value is -4.66. The number of aryl methyl sites for hydroxylation is 1. The van der Waals surface area contributed by atoms with Crippen molar-refractivity contribution in [2.24, 2.45) is 0 Å². The third-order valence-electron chi connectivity index (χ3n) is 5.48. The Morgan fingerprint density at radius 1 is 1.00 bits per heavy atom. The molecule has 0 radical (unpaired) electrons. The maximum atomic E-state index is 12.7. The number of carbonyl (C=O) groups is 1. The highest BCUT2D eigenvalue weighted by atomic mass is 16.6. The second-order valence-electron chi connectivity index (χ2n) is 7.86. The summed E-state index contributed by atoms with van der Waals surface area (Å²) in [6.45, 7) is 3.66. The number of anilines is 1. The number of methoxy groups -OCH3 is 1. The Kier molecular flexibility index (Phi) is 6.77. The van der Waals surface area contributed by atoms with E-state index in [1.54, 1.807) is 74.2 Å². The van der Waals surface area contributed by atoms with Crippen molar-refractivity contribution in [1.29, 1.82) is 0 Å². The van der Waals surface area contributed by atoms with Crippen LogP contribution in [0.4, 0.5) is 11.4 Å². The molecule has 1 aromatic heterocycles. The second kappa shape index (κ2) is 10.1. The fourth-order valence-corrected chi connectivity index (χ4v) is 3.68. The van der Waals surface area contributed by atoms with E-state index in [0.29, 0.717) is 46.4 Å². The summed E-state index contributed by atoms with van der Waals surface area (Å²) >= 11 is 0. The van der Waals surface area contributed by atoms with Crippen LogP contribution in [0.25, 0.3) is 0 Å². The molecule has 0 atom stereocenters. The van der Waals surface area contributed by atoms with Gasteiger partial charge in [-0.15, -0.1) is 0 Å². The summed E-state index contributed by atoms with van der Waals surface area (Å²) in [6.07, 6.45) is 0. The number of nitrogens with zero attached hydrogens (tertiary/aromatic N) is 3. The van der Waals surface area contributed by atoms with Gasteiger partial charge >= 0.3 is 5.69 Å². The number of benzene rings is 3. The van der Waals surface area contributed by atoms with E-state index in [0.717, 1.165) is 5.56 Å². The quantitative estimate of drug-likeness (QED) is 0.268. The summed E-state index contributed by atoms with van der Waals surface area (Å²) in [4.78, 5) is 23.5. The van der Waals surface area contributed by atoms with Crippen LogP contribution in [-0.2, 0) is 6.54 Å². The number of para-hydroxylation sites is 2. The van der Waals surface area contributed by atoms with Gasteiger partial charge in [-0.3, -0.25) is 19.6 Å². The molecular formula is C26H24N4O5. The monoisotopic (exact) mass is 472 g/mol. The molecule has 0 aliphatic carbocycles. The van der Waals surface area contributed by atoms with E-state index < -0.39 is 4.92 Å². The fourth-order valence-electron chi connectivity index (χ4n) is 3.68. The highest BCUT2D eigenvalue weighted by molar-refractivity contribution is 6.04. The first-order chi connectivity index (χ1) is 16.9. The molecule has 4 aromatic rings. The van der Waals surface area contributed by atoms with Crippen LogP contribution < -0.4 is 14.8 Å². The number of carbonyl (C=O) groups excluding carboxylic acids is 1. The highest BCUT2D eigenvalue weighted by Gasteiger charge is 2.21. The molecule has 9 heteroatoms. The Bertz CT molecular complexity index is 1360. The third-order valence-corrected chi connectivity index (χ3v) is 5.48. The number of aromatic nitrogens is 2. The molecule has 0 aliphatic rings. The number of nitro groups is 1. The number of nitrogens with one attached hydrogen (secondary N) is 1. The van der Waals surface area contributed by atoms with E-state index in [2.05, 4.69) is 10.4 Å². The molecule has 0 fully saturated rings. The molecule has 178 valence electrons. The smallest absolute Gasteiger partial charge is 0.312 e. The first-order valence-corrected chi connectivity index (χ1v) is 10.9. The molecule has 35 heavy (non-hydrogen) atoms. The molecule has 9 nitrogen and oxygen atoms in total. The lowest BCUT2D eigenvalue weighted by atomic mass is 10.1. The zero-order valence-corrected chi connectivity index (χ0v) is 19.5. The van der Waals surface area contributed by atoms with Gasteiger partial charge < -0.3 is 14.8 Å². The Labute approximate surface area is 202 Å². The van der Waals surface area contributed by atoms with E-state index >= 15 is 0 Å². The Morgan fingerprint density at radius 2 is 1.66 bits per heavy atom. The van der Waals surface area contributed by atoms with Gasteiger partial charge in [0, 0.05) is 11.3 Å². The van der Waals surface area contributed by atoms with Crippen LogP contribution in [0, 0.1) is 24.0 Å². The predicted octanol–water partition coefficient (Wildman–Crippen LogP) is 5.51. The molecule has 0 bridgehead atoms. The summed E-state index contributed by atoms with van der Waals surface area (Å²) in [5.74, 6) is 1.59. The minimum absolute atomic E-state index is 0.0281. The number of rotatable bonds is 8. The lowest BCUT2D eigenvalue weighted by Gasteiger charge is -2.11. The van der Waals surface area contributed by atoms with Gasteiger partial charge in [-0.1, -0.05) is 24.3 Å². The van der Waals surface area contributed by atoms with Crippen LogP contribution in [0.2, 0.25) is 0 Å². The number of hydrogen-bond acceptors (Lipinski definition) is 6. The molecule has 4 rings (SSSR count). The average Bonchev–Trinajstić information content (AvgIpc) is 3.13. The van der Waals surface area contributed by atoms with Crippen LogP contribution in [0.3, 0.4) is 0 Å². The van der Waals surface area contributed by atoms with Crippen LogP contribution in [0.15, 0.2) is 72.8 Å². The van der Waals surface area contributed by atoms with E-state index in [1.165, 1.54) is 0 Å². The Morgan fingerprint density at radius 3 is 2.26 bits per heavy atom. The van der Waals surface area contributed by atoms with Crippen molar-refractivity contribution >= 4 is 17.3 Å². The van der Waals surface area contributed by atoms with Crippen molar-refractivity contribution in [2.75, 3.05) is 12.4 Å². The van der Waals surface area contributed by atoms with Gasteiger partial charge in [0.15, 0.2) is 11.5 Å². The molecule has 1 N–H and O–H groups in total. The predicted molar refractivity (Wildman–Crippen MR) is 131 cm³/mol. The minimum Gasteiger partial charge on any atom is -0.493 e. The molecule has 0 saturated heterocycles. The third kappa shape index (κ3) is 5.30. The number of amides is 1. The van der Waals surface area contributed by atoms with Gasteiger partial charge in [0.25, 0.3) is 5.91 Å². The van der Waals surface area contributed by atoms with Crippen LogP contribution in [0.5, 0.6) is 17.2 Å². The largest absolute Gasteiger partial charge is 0.493 e. The van der Waals surface area contributed by atoms with Crippen LogP contribution >= 0.6 is 0 Å². The summed E-state index contributed by atoms with van der Waals surface area (Å²) in [7, 11) is 1.58. The maximum absolute atomic E-state index is 12.7. The number of ether oxygens (including phenoxy) is 2. The van der Waals surface area contributed by atoms with Crippen LogP contribution in [0.1, 0.15) is 27.3 Å². The van der Waals surface area contributed by atoms with Gasteiger partial charge in [-0.2, -0.15) is 5.10 Å². The van der Waals surface area contributed by atoms with Gasteiger partial charge in [-0.25, -0.2) is 0 Å². The van der Waals surface area contributed by atoms with E-state index in [-0.39, 0.29) is 11.6 Å². The zero-order valence-electron chi connectivity index (χ0n) is 19.5. The lowest BCUT2D eigenvalue weighted by molar-refractivity contribution is -0.386. The van der Waals surface area contributed by atoms with Gasteiger partial charge in [0.05, 0.1) is 18.6 Å². The zero-order chi connectivity index (χ0) is 24.9. The first-order valence-electron chi connectivity index (χ1n) is 10.9. The molecule has 3 aromatic carbocycles. The first kappa shape index (κ1) is 23.5. The number of hydrogen-bond donors (Lipinski definition) is 1. The highest BCUT2D eigenvalue weighted by Crippen LogP contribution is 2.31. The summed E-state index contributed by atoms with van der Waals surface area (Å²) in [5, 5.41) is 18.3. The van der Waals surface area contributed by atoms with Gasteiger partial charge in [0.2, 0.25) is 0 Å². The molecule has 0 spiro atoms. The fraction of sp³-hybridized carbons (Fsp3) is 0.154. The molecule has 0 unspecified atom stereocenters. The topological polar surface area (TPSA) is 109 Å². The SMILES string of the molecule is COc1ccccc1Oc1ccc(NC(=O)c2ccc(Cn3nc(C)c([N+](=O)[O-])c3C)cc2)cc1. The normalized spacial score (nSPS) is 10.6. The summed E-state index contributed by atoms with van der Waals surface area (Å²) in [6, 6.07) is 21.4.